The van der Waals surface area contributed by atoms with E-state index in [1.165, 1.54) is 0 Å². The first-order chi connectivity index (χ1) is 16.4. The van der Waals surface area contributed by atoms with Crippen molar-refractivity contribution in [3.8, 4) is 6.07 Å². The predicted octanol–water partition coefficient (Wildman–Crippen LogP) is 2.77. The fourth-order valence-electron chi connectivity index (χ4n) is 4.23. The van der Waals surface area contributed by atoms with Crippen LogP contribution in [-0.2, 0) is 21.2 Å². The second-order valence-corrected chi connectivity index (χ2v) is 10.2. The second-order valence-electron chi connectivity index (χ2n) is 8.46. The Morgan fingerprint density at radius 2 is 1.68 bits per heavy atom. The monoisotopic (exact) mass is 476 g/mol. The lowest BCUT2D eigenvalue weighted by molar-refractivity contribution is -0.134. The zero-order valence-electron chi connectivity index (χ0n) is 19.1. The summed E-state index contributed by atoms with van der Waals surface area (Å²) in [5.74, 6) is -0.232. The van der Waals surface area contributed by atoms with Crippen LogP contribution in [0.15, 0.2) is 71.6 Å². The molecular weight excluding hydrogens is 448 g/mol. The smallest absolute Gasteiger partial charge is 0.241 e. The van der Waals surface area contributed by atoms with Gasteiger partial charge in [0.2, 0.25) is 15.9 Å². The quantitative estimate of drug-likeness (QED) is 0.566. The van der Waals surface area contributed by atoms with Crippen LogP contribution >= 0.6 is 0 Å². The lowest BCUT2D eigenvalue weighted by atomic mass is 10.0. The molecule has 8 heteroatoms. The van der Waals surface area contributed by atoms with Gasteiger partial charge in [-0.2, -0.15) is 9.98 Å². The molecule has 1 aliphatic rings. The molecule has 1 aliphatic heterocycles. The second kappa shape index (κ2) is 10.3. The number of carbonyl (C=O) groups is 1. The Morgan fingerprint density at radius 1 is 1.00 bits per heavy atom. The number of benzene rings is 3. The van der Waals surface area contributed by atoms with Gasteiger partial charge in [-0.3, -0.25) is 4.79 Å². The number of nitrogens with zero attached hydrogens (tertiary/aromatic N) is 3. The van der Waals surface area contributed by atoms with Crippen molar-refractivity contribution in [1.82, 2.24) is 14.5 Å². The molecule has 1 atom stereocenters. The van der Waals surface area contributed by atoms with Crippen LogP contribution in [0.1, 0.15) is 18.1 Å². The summed E-state index contributed by atoms with van der Waals surface area (Å²) in [6, 6.07) is 20.5. The van der Waals surface area contributed by atoms with Gasteiger partial charge in [-0.25, -0.2) is 8.42 Å². The van der Waals surface area contributed by atoms with Crippen LogP contribution < -0.4 is 4.72 Å². The number of fused-ring (bicyclic) bond motifs is 1. The fraction of sp³-hybridized carbons (Fsp3) is 0.308. The van der Waals surface area contributed by atoms with Crippen LogP contribution in [0.3, 0.4) is 0 Å². The van der Waals surface area contributed by atoms with Crippen molar-refractivity contribution < 1.29 is 13.2 Å². The maximum atomic E-state index is 13.5. The topological polar surface area (TPSA) is 93.5 Å². The van der Waals surface area contributed by atoms with Crippen molar-refractivity contribution in [2.45, 2.75) is 24.3 Å². The van der Waals surface area contributed by atoms with Gasteiger partial charge in [0.25, 0.3) is 0 Å². The zero-order valence-corrected chi connectivity index (χ0v) is 20.0. The number of nitrogens with one attached hydrogen (secondary N) is 1. The molecule has 1 N–H and O–H groups in total. The van der Waals surface area contributed by atoms with Gasteiger partial charge in [0.1, 0.15) is 6.04 Å². The van der Waals surface area contributed by atoms with E-state index in [9.17, 15) is 13.2 Å². The third-order valence-electron chi connectivity index (χ3n) is 6.28. The highest BCUT2D eigenvalue weighted by molar-refractivity contribution is 7.89. The standard InChI is InChI=1S/C26H28N4O3S/c1-2-29-13-15-30(16-14-29)26(31)25(17-20-7-9-21(19-27)10-8-20)28-34(32,33)24-12-11-22-5-3-4-6-23(22)18-24/h3-12,18,25,28H,2,13-17H2,1H3/t25-/m0/s1. The molecule has 0 radical (unpaired) electrons. The molecule has 0 saturated carbocycles. The first-order valence-corrected chi connectivity index (χ1v) is 12.9. The minimum atomic E-state index is -3.94. The van der Waals surface area contributed by atoms with Crippen molar-refractivity contribution >= 4 is 26.7 Å². The molecule has 0 bridgehead atoms. The number of sulfonamides is 1. The third-order valence-corrected chi connectivity index (χ3v) is 7.75. The number of likely N-dealkylation sites (N-methyl/N-ethyl adjacent to an activating group) is 1. The number of piperazine rings is 1. The number of nitriles is 1. The molecule has 0 aromatic heterocycles. The van der Waals surface area contributed by atoms with Gasteiger partial charge in [0.15, 0.2) is 0 Å². The minimum absolute atomic E-state index is 0.125. The highest BCUT2D eigenvalue weighted by atomic mass is 32.2. The molecule has 1 saturated heterocycles. The van der Waals surface area contributed by atoms with Crippen molar-refractivity contribution in [2.24, 2.45) is 0 Å². The summed E-state index contributed by atoms with van der Waals surface area (Å²) in [6.45, 7) is 5.67. The van der Waals surface area contributed by atoms with E-state index < -0.39 is 16.1 Å². The van der Waals surface area contributed by atoms with Crippen LogP contribution in [0.25, 0.3) is 10.8 Å². The number of rotatable bonds is 7. The van der Waals surface area contributed by atoms with Crippen molar-refractivity contribution in [3.05, 3.63) is 77.9 Å². The van der Waals surface area contributed by atoms with Crippen LogP contribution in [-0.4, -0.2) is 62.9 Å². The molecule has 1 amide bonds. The Balaban J connectivity index is 1.60. The Hall–Kier alpha value is -3.25. The molecule has 0 aliphatic carbocycles. The minimum Gasteiger partial charge on any atom is -0.339 e. The first-order valence-electron chi connectivity index (χ1n) is 11.4. The predicted molar refractivity (Wildman–Crippen MR) is 132 cm³/mol. The summed E-state index contributed by atoms with van der Waals surface area (Å²) in [5.41, 5.74) is 1.30. The van der Waals surface area contributed by atoms with Gasteiger partial charge >= 0.3 is 0 Å². The number of hydrogen-bond donors (Lipinski definition) is 1. The molecule has 0 unspecified atom stereocenters. The fourth-order valence-corrected chi connectivity index (χ4v) is 5.45. The van der Waals surface area contributed by atoms with Crippen LogP contribution in [0.2, 0.25) is 0 Å². The summed E-state index contributed by atoms with van der Waals surface area (Å²) < 4.78 is 29.3. The van der Waals surface area contributed by atoms with Gasteiger partial charge in [-0.05, 0) is 53.6 Å². The first kappa shape index (κ1) is 23.9. The Labute approximate surface area is 200 Å². The largest absolute Gasteiger partial charge is 0.339 e. The van der Waals surface area contributed by atoms with Crippen molar-refractivity contribution in [3.63, 3.8) is 0 Å². The molecule has 7 nitrogen and oxygen atoms in total. The average Bonchev–Trinajstić information content (AvgIpc) is 2.88. The van der Waals surface area contributed by atoms with Gasteiger partial charge in [0.05, 0.1) is 16.5 Å². The molecule has 176 valence electrons. The van der Waals surface area contributed by atoms with Gasteiger partial charge in [0, 0.05) is 26.2 Å². The van der Waals surface area contributed by atoms with Crippen LogP contribution in [0.4, 0.5) is 0 Å². The zero-order chi connectivity index (χ0) is 24.1. The molecule has 3 aromatic rings. The number of carbonyl (C=O) groups excluding carboxylic acids is 1. The van der Waals surface area contributed by atoms with E-state index >= 15 is 0 Å². The Morgan fingerprint density at radius 3 is 2.32 bits per heavy atom. The van der Waals surface area contributed by atoms with E-state index in [0.29, 0.717) is 18.7 Å². The van der Waals surface area contributed by atoms with E-state index in [2.05, 4.69) is 22.6 Å². The van der Waals surface area contributed by atoms with Crippen LogP contribution in [0, 0.1) is 11.3 Å². The molecule has 0 spiro atoms. The summed E-state index contributed by atoms with van der Waals surface area (Å²) in [7, 11) is -3.94. The maximum absolute atomic E-state index is 13.5. The summed E-state index contributed by atoms with van der Waals surface area (Å²) in [4.78, 5) is 17.6. The van der Waals surface area contributed by atoms with E-state index in [1.54, 1.807) is 47.4 Å². The van der Waals surface area contributed by atoms with Gasteiger partial charge in [-0.1, -0.05) is 49.4 Å². The van der Waals surface area contributed by atoms with Gasteiger partial charge < -0.3 is 9.80 Å². The van der Waals surface area contributed by atoms with Crippen LogP contribution in [0.5, 0.6) is 0 Å². The lowest BCUT2D eigenvalue weighted by Crippen LogP contribution is -2.55. The van der Waals surface area contributed by atoms with E-state index in [0.717, 1.165) is 36.0 Å². The average molecular weight is 477 g/mol. The molecule has 3 aromatic carbocycles. The molecular formula is C26H28N4O3S. The highest BCUT2D eigenvalue weighted by Crippen LogP contribution is 2.20. The SMILES string of the molecule is CCN1CCN(C(=O)[C@H](Cc2ccc(C#N)cc2)NS(=O)(=O)c2ccc3ccccc3c2)CC1. The normalized spacial score (nSPS) is 15.7. The Kier molecular flexibility index (Phi) is 7.27. The number of hydrogen-bond acceptors (Lipinski definition) is 5. The lowest BCUT2D eigenvalue weighted by Gasteiger charge is -2.36. The molecule has 34 heavy (non-hydrogen) atoms. The third kappa shape index (κ3) is 5.45. The van der Waals surface area contributed by atoms with Crippen molar-refractivity contribution in [1.29, 1.82) is 5.26 Å². The van der Waals surface area contributed by atoms with E-state index in [1.807, 2.05) is 24.3 Å². The summed E-state index contributed by atoms with van der Waals surface area (Å²) in [6.07, 6.45) is 0.200. The summed E-state index contributed by atoms with van der Waals surface area (Å²) in [5, 5.41) is 10.8. The maximum Gasteiger partial charge on any atom is 0.241 e. The highest BCUT2D eigenvalue weighted by Gasteiger charge is 2.31. The summed E-state index contributed by atoms with van der Waals surface area (Å²) >= 11 is 0. The van der Waals surface area contributed by atoms with Gasteiger partial charge in [-0.15, -0.1) is 0 Å². The van der Waals surface area contributed by atoms with E-state index in [4.69, 9.17) is 5.26 Å². The van der Waals surface area contributed by atoms with Crippen molar-refractivity contribution in [2.75, 3.05) is 32.7 Å². The molecule has 1 heterocycles. The molecule has 4 rings (SSSR count). The molecule has 1 fully saturated rings. The Bertz CT molecular complexity index is 1310. The number of amides is 1. The van der Waals surface area contributed by atoms with E-state index in [-0.39, 0.29) is 17.2 Å².